The molecule has 1 aliphatic heterocycles. The number of alkyl halides is 3. The van der Waals surface area contributed by atoms with Crippen molar-refractivity contribution in [2.24, 2.45) is 0 Å². The molecule has 4 N–H and O–H groups in total. The molecule has 10 heteroatoms. The molecule has 0 amide bonds. The van der Waals surface area contributed by atoms with Crippen molar-refractivity contribution < 1.29 is 27.6 Å². The van der Waals surface area contributed by atoms with Gasteiger partial charge in [-0.05, 0) is 60.3 Å². The topological polar surface area (TPSA) is 74.6 Å². The first kappa shape index (κ1) is 24.7. The predicted octanol–water partition coefficient (Wildman–Crippen LogP) is 5.46. The Balaban J connectivity index is 1.69. The first-order valence-corrected chi connectivity index (χ1v) is 11.6. The first-order chi connectivity index (χ1) is 16.8. The van der Waals surface area contributed by atoms with Crippen LogP contribution >= 0.6 is 11.9 Å². The molecule has 2 heterocycles. The Hall–Kier alpha value is -3.37. The summed E-state index contributed by atoms with van der Waals surface area (Å²) >= 11 is 1.21. The van der Waals surface area contributed by atoms with E-state index in [4.69, 9.17) is 10.1 Å². The van der Waals surface area contributed by atoms with Crippen LogP contribution in [0.1, 0.15) is 34.6 Å². The number of ether oxygens (including phenoxy) is 1. The Kier molecular flexibility index (Phi) is 7.42. The zero-order valence-electron chi connectivity index (χ0n) is 18.7. The van der Waals surface area contributed by atoms with E-state index in [9.17, 15) is 17.6 Å². The predicted molar refractivity (Wildman–Crippen MR) is 128 cm³/mol. The van der Waals surface area contributed by atoms with Gasteiger partial charge in [0.15, 0.2) is 0 Å². The summed E-state index contributed by atoms with van der Waals surface area (Å²) in [5, 5.41) is 9.14. The minimum atomic E-state index is -4.47. The van der Waals surface area contributed by atoms with Crippen LogP contribution in [-0.2, 0) is 6.18 Å². The second-order valence-electron chi connectivity index (χ2n) is 7.81. The number of benzene rings is 2. The summed E-state index contributed by atoms with van der Waals surface area (Å²) in [6.07, 6.45) is 0.0451. The fourth-order valence-electron chi connectivity index (χ4n) is 4.05. The smallest absolute Gasteiger partial charge is 0.416 e. The van der Waals surface area contributed by atoms with Gasteiger partial charge < -0.3 is 20.2 Å². The Bertz CT molecular complexity index is 1260. The number of anilines is 1. The highest BCUT2D eigenvalue weighted by atomic mass is 32.2. The summed E-state index contributed by atoms with van der Waals surface area (Å²) in [7, 11) is 1.74. The van der Waals surface area contributed by atoms with Gasteiger partial charge in [-0.25, -0.2) is 4.98 Å². The monoisotopic (exact) mass is 503 g/mol. The molecule has 4 rings (SSSR count). The van der Waals surface area contributed by atoms with Crippen LogP contribution in [0, 0.1) is 11.4 Å². The minimum Gasteiger partial charge on any atom is -0.493 e. The molecule has 1 atom stereocenters. The van der Waals surface area contributed by atoms with Crippen molar-refractivity contribution >= 4 is 29.5 Å². The van der Waals surface area contributed by atoms with Crippen molar-refractivity contribution in [3.63, 3.8) is 0 Å². The molecule has 0 bridgehead atoms. The number of rotatable bonds is 7. The number of nitrogens with one attached hydrogen (secondary N) is 2. The van der Waals surface area contributed by atoms with Crippen LogP contribution in [0.3, 0.4) is 0 Å². The molecular formula is C25H23F4N4OS+. The number of hydrogen-bond acceptors (Lipinski definition) is 5. The van der Waals surface area contributed by atoms with Gasteiger partial charge in [-0.15, -0.1) is 0 Å². The molecule has 0 fully saturated rings. The summed E-state index contributed by atoms with van der Waals surface area (Å²) in [6, 6.07) is 12.6. The van der Waals surface area contributed by atoms with Crippen molar-refractivity contribution in [1.82, 2.24) is 4.98 Å². The molecule has 1 unspecified atom stereocenters. The molecule has 2 aromatic carbocycles. The molecule has 1 aromatic heterocycles. The van der Waals surface area contributed by atoms with Crippen molar-refractivity contribution in [2.45, 2.75) is 23.4 Å². The molecule has 35 heavy (non-hydrogen) atoms. The number of nitrogens with two attached hydrogens (primary N) is 1. The molecule has 5 nitrogen and oxygen atoms in total. The Morgan fingerprint density at radius 2 is 2.00 bits per heavy atom. The van der Waals surface area contributed by atoms with Gasteiger partial charge in [0, 0.05) is 40.4 Å². The van der Waals surface area contributed by atoms with E-state index in [1.807, 2.05) is 18.2 Å². The molecule has 0 aliphatic carbocycles. The number of nitrogens with zero attached hydrogens (tertiary/aromatic N) is 1. The van der Waals surface area contributed by atoms with Crippen molar-refractivity contribution in [3.8, 4) is 5.75 Å². The van der Waals surface area contributed by atoms with Gasteiger partial charge in [0.1, 0.15) is 17.1 Å². The quantitative estimate of drug-likeness (QED) is 0.173. The Labute approximate surface area is 204 Å². The Morgan fingerprint density at radius 3 is 2.71 bits per heavy atom. The highest BCUT2D eigenvalue weighted by Crippen LogP contribution is 2.43. The van der Waals surface area contributed by atoms with E-state index in [1.165, 1.54) is 30.3 Å². The van der Waals surface area contributed by atoms with Gasteiger partial charge in [0.05, 0.1) is 19.2 Å². The standard InChI is InChI=1S/C25H22F4N4OS/c1-31-21(8-10-30)20-13-15(25(27,28)29)4-6-17(20)18-9-12-34-23-14-16(5-7-19(18)23)35-33-22-3-2-11-32-24(22)26/h2-8,10-11,13-14,18,30-31,33H,9,12H2,1H3/p+1. The van der Waals surface area contributed by atoms with Crippen LogP contribution < -0.4 is 14.8 Å². The van der Waals surface area contributed by atoms with E-state index in [-0.39, 0.29) is 11.6 Å². The summed E-state index contributed by atoms with van der Waals surface area (Å²) in [5.41, 5.74) is 2.11. The van der Waals surface area contributed by atoms with E-state index in [0.717, 1.165) is 34.4 Å². The second-order valence-corrected chi connectivity index (χ2v) is 8.69. The molecule has 0 radical (unpaired) electrons. The maximum Gasteiger partial charge on any atom is 0.416 e. The summed E-state index contributed by atoms with van der Waals surface area (Å²) < 4.78 is 63.0. The number of hydrogen-bond donors (Lipinski definition) is 3. The van der Waals surface area contributed by atoms with E-state index >= 15 is 0 Å². The van der Waals surface area contributed by atoms with Crippen LogP contribution in [0.15, 0.2) is 65.7 Å². The molecule has 0 saturated carbocycles. The summed E-state index contributed by atoms with van der Waals surface area (Å²) in [4.78, 5) is 4.39. The van der Waals surface area contributed by atoms with E-state index in [2.05, 4.69) is 9.71 Å². The van der Waals surface area contributed by atoms with Crippen molar-refractivity contribution in [3.05, 3.63) is 89.0 Å². The molecule has 3 aromatic rings. The third-order valence-electron chi connectivity index (χ3n) is 5.70. The highest BCUT2D eigenvalue weighted by molar-refractivity contribution is 8.00. The molecule has 1 aliphatic rings. The van der Waals surface area contributed by atoms with Crippen LogP contribution in [0.4, 0.5) is 23.2 Å². The van der Waals surface area contributed by atoms with Crippen LogP contribution in [0.2, 0.25) is 0 Å². The maximum atomic E-state index is 13.8. The Morgan fingerprint density at radius 1 is 1.20 bits per heavy atom. The zero-order valence-corrected chi connectivity index (χ0v) is 19.5. The molecule has 0 spiro atoms. The first-order valence-electron chi connectivity index (χ1n) is 10.8. The van der Waals surface area contributed by atoms with Crippen LogP contribution in [-0.4, -0.2) is 24.9 Å². The molecular weight excluding hydrogens is 480 g/mol. The van der Waals surface area contributed by atoms with Gasteiger partial charge in [0.2, 0.25) is 5.95 Å². The summed E-state index contributed by atoms with van der Waals surface area (Å²) in [5.74, 6) is -0.165. The van der Waals surface area contributed by atoms with Gasteiger partial charge >= 0.3 is 6.18 Å². The van der Waals surface area contributed by atoms with Gasteiger partial charge in [-0.2, -0.15) is 17.6 Å². The lowest BCUT2D eigenvalue weighted by Crippen LogP contribution is -2.76. The van der Waals surface area contributed by atoms with Crippen LogP contribution in [0.5, 0.6) is 5.75 Å². The lowest BCUT2D eigenvalue weighted by molar-refractivity contribution is -0.530. The lowest BCUT2D eigenvalue weighted by atomic mass is 9.82. The average molecular weight is 504 g/mol. The number of fused-ring (bicyclic) bond motifs is 1. The van der Waals surface area contributed by atoms with Crippen LogP contribution in [0.25, 0.3) is 5.70 Å². The zero-order chi connectivity index (χ0) is 25.0. The van der Waals surface area contributed by atoms with Gasteiger partial charge in [0.25, 0.3) is 0 Å². The number of quaternary nitrogens is 1. The number of allylic oxidation sites excluding steroid dienone is 1. The fraction of sp³-hybridized carbons (Fsp3) is 0.200. The normalized spacial score (nSPS) is 15.8. The maximum absolute atomic E-state index is 13.8. The molecule has 182 valence electrons. The summed E-state index contributed by atoms with van der Waals surface area (Å²) in [6.45, 7) is 0.399. The van der Waals surface area contributed by atoms with E-state index in [1.54, 1.807) is 24.5 Å². The van der Waals surface area contributed by atoms with Gasteiger partial charge in [-0.3, -0.25) is 0 Å². The third-order valence-corrected chi connectivity index (χ3v) is 6.52. The third kappa shape index (κ3) is 5.49. The lowest BCUT2D eigenvalue weighted by Gasteiger charge is -2.28. The van der Waals surface area contributed by atoms with E-state index < -0.39 is 17.7 Å². The van der Waals surface area contributed by atoms with Crippen molar-refractivity contribution in [2.75, 3.05) is 18.4 Å². The van der Waals surface area contributed by atoms with E-state index in [0.29, 0.717) is 30.0 Å². The number of pyridine rings is 1. The molecule has 0 saturated heterocycles. The second kappa shape index (κ2) is 10.5. The fourth-order valence-corrected chi connectivity index (χ4v) is 4.73. The van der Waals surface area contributed by atoms with Gasteiger partial charge in [-0.1, -0.05) is 12.1 Å². The number of aromatic nitrogens is 1. The SMILES string of the molecule is C[NH2+]C(=CC=N)c1cc(C(F)(F)F)ccc1C1CCOc2cc(SNc3cccnc3F)ccc21. The minimum absolute atomic E-state index is 0.187. The number of halogens is 4. The highest BCUT2D eigenvalue weighted by Gasteiger charge is 2.33. The van der Waals surface area contributed by atoms with Crippen molar-refractivity contribution in [1.29, 1.82) is 5.41 Å². The largest absolute Gasteiger partial charge is 0.493 e. The average Bonchev–Trinajstić information content (AvgIpc) is 2.85.